The number of aliphatic hydroxyl groups is 1. The molecule has 0 unspecified atom stereocenters. The number of hydrogen-bond donors (Lipinski definition) is 3. The van der Waals surface area contributed by atoms with Crippen LogP contribution in [-0.4, -0.2) is 48.7 Å². The number of aliphatic hydroxyl groups excluding tert-OH is 1. The van der Waals surface area contributed by atoms with E-state index in [9.17, 15) is 27.1 Å². The molecule has 2 heterocycles. The van der Waals surface area contributed by atoms with Gasteiger partial charge in [0, 0.05) is 34.2 Å². The van der Waals surface area contributed by atoms with Gasteiger partial charge in [0.2, 0.25) is 15.9 Å². The van der Waals surface area contributed by atoms with Gasteiger partial charge < -0.3 is 24.5 Å². The van der Waals surface area contributed by atoms with Crippen LogP contribution in [0, 0.1) is 0 Å². The maximum Gasteiger partial charge on any atom is 0.586 e. The van der Waals surface area contributed by atoms with Crippen molar-refractivity contribution in [2.24, 2.45) is 0 Å². The molecule has 0 saturated heterocycles. The number of ether oxygens (including phenoxy) is 2. The van der Waals surface area contributed by atoms with Crippen LogP contribution in [0.15, 0.2) is 42.5 Å². The number of hydrogen-bond acceptors (Lipinski definition) is 6. The van der Waals surface area contributed by atoms with Gasteiger partial charge in [-0.15, -0.1) is 8.78 Å². The Hall–Kier alpha value is -3.22. The molecule has 3 aromatic rings. The molecule has 5 rings (SSSR count). The summed E-state index contributed by atoms with van der Waals surface area (Å²) in [5.74, 6) is -0.474. The zero-order valence-corrected chi connectivity index (χ0v) is 23.6. The van der Waals surface area contributed by atoms with E-state index in [0.29, 0.717) is 24.1 Å². The molecule has 1 saturated carbocycles. The highest BCUT2D eigenvalue weighted by Crippen LogP contribution is 2.52. The molecule has 0 bridgehead atoms. The largest absolute Gasteiger partial charge is 0.586 e. The standard InChI is InChI=1S/C28H33F2N3O6S/c1-5-40(36,37)31-15-20(34)16-33-21-8-7-19(12-17(21)13-24(33)26(2,3)4)32-25(35)27(10-11-27)18-6-9-22-23(14-18)39-28(29,30)38-22/h6-9,12-14,20,31,34H,5,10-11,15-16H2,1-4H3,(H,32,35)/t20-/m0/s1. The summed E-state index contributed by atoms with van der Waals surface area (Å²) in [5, 5.41) is 14.5. The third-order valence-corrected chi connectivity index (χ3v) is 8.74. The predicted molar refractivity (Wildman–Crippen MR) is 146 cm³/mol. The van der Waals surface area contributed by atoms with Crippen LogP contribution in [0.25, 0.3) is 10.9 Å². The lowest BCUT2D eigenvalue weighted by atomic mass is 9.92. The first-order valence-corrected chi connectivity index (χ1v) is 14.8. The van der Waals surface area contributed by atoms with E-state index >= 15 is 0 Å². The lowest BCUT2D eigenvalue weighted by Gasteiger charge is -2.24. The average Bonchev–Trinajstić information content (AvgIpc) is 3.51. The van der Waals surface area contributed by atoms with Crippen LogP contribution in [-0.2, 0) is 32.2 Å². The second kappa shape index (κ2) is 9.71. The van der Waals surface area contributed by atoms with E-state index in [-0.39, 0.29) is 41.7 Å². The van der Waals surface area contributed by atoms with Gasteiger partial charge in [-0.3, -0.25) is 4.79 Å². The number of sulfonamides is 1. The van der Waals surface area contributed by atoms with E-state index < -0.39 is 27.8 Å². The van der Waals surface area contributed by atoms with Gasteiger partial charge in [0.25, 0.3) is 0 Å². The number of amides is 1. The fourth-order valence-electron chi connectivity index (χ4n) is 5.04. The molecule has 1 atom stereocenters. The summed E-state index contributed by atoms with van der Waals surface area (Å²) < 4.78 is 64.0. The zero-order chi connectivity index (χ0) is 29.1. The third-order valence-electron chi connectivity index (χ3n) is 7.38. The van der Waals surface area contributed by atoms with Crippen LogP contribution in [0.4, 0.5) is 14.5 Å². The molecule has 1 aliphatic heterocycles. The SMILES string of the molecule is CCS(=O)(=O)NC[C@H](O)Cn1c(C(C)(C)C)cc2cc(NC(=O)C3(c4ccc5c(c4)OC(F)(F)O5)CC3)ccc21. The van der Waals surface area contributed by atoms with Crippen molar-refractivity contribution in [3.8, 4) is 11.5 Å². The van der Waals surface area contributed by atoms with Gasteiger partial charge >= 0.3 is 6.29 Å². The zero-order valence-electron chi connectivity index (χ0n) is 22.8. The van der Waals surface area contributed by atoms with E-state index in [4.69, 9.17) is 0 Å². The smallest absolute Gasteiger partial charge is 0.395 e. The summed E-state index contributed by atoms with van der Waals surface area (Å²) in [6, 6.07) is 11.9. The highest BCUT2D eigenvalue weighted by atomic mass is 32.2. The summed E-state index contributed by atoms with van der Waals surface area (Å²) in [6.07, 6.45) is -3.53. The minimum Gasteiger partial charge on any atom is -0.395 e. The Balaban J connectivity index is 1.37. The first-order chi connectivity index (χ1) is 18.6. The van der Waals surface area contributed by atoms with Gasteiger partial charge in [-0.25, -0.2) is 13.1 Å². The number of carbonyl (C=O) groups excluding carboxylic acids is 1. The Kier molecular flexibility index (Phi) is 6.87. The Morgan fingerprint density at radius 2 is 1.80 bits per heavy atom. The molecule has 9 nitrogen and oxygen atoms in total. The maximum absolute atomic E-state index is 13.5. The first-order valence-electron chi connectivity index (χ1n) is 13.1. The van der Waals surface area contributed by atoms with E-state index in [1.54, 1.807) is 12.1 Å². The molecular formula is C28H33F2N3O6S. The van der Waals surface area contributed by atoms with E-state index in [1.807, 2.05) is 43.5 Å². The second-order valence-corrected chi connectivity index (χ2v) is 13.5. The predicted octanol–water partition coefficient (Wildman–Crippen LogP) is 4.23. The van der Waals surface area contributed by atoms with Crippen LogP contribution in [0.2, 0.25) is 0 Å². The van der Waals surface area contributed by atoms with Crippen molar-refractivity contribution in [3.63, 3.8) is 0 Å². The summed E-state index contributed by atoms with van der Waals surface area (Å²) in [6.45, 7) is 7.75. The molecule has 3 N–H and O–H groups in total. The fourth-order valence-corrected chi connectivity index (χ4v) is 5.69. The highest BCUT2D eigenvalue weighted by Gasteiger charge is 2.52. The molecule has 1 aliphatic carbocycles. The summed E-state index contributed by atoms with van der Waals surface area (Å²) >= 11 is 0. The molecular weight excluding hydrogens is 544 g/mol. The van der Waals surface area contributed by atoms with Gasteiger partial charge in [0.1, 0.15) is 0 Å². The normalized spacial score (nSPS) is 18.1. The first kappa shape index (κ1) is 28.3. The number of nitrogens with zero attached hydrogens (tertiary/aromatic N) is 1. The summed E-state index contributed by atoms with van der Waals surface area (Å²) in [4.78, 5) is 13.4. The van der Waals surface area contributed by atoms with Gasteiger partial charge in [-0.2, -0.15) is 0 Å². The van der Waals surface area contributed by atoms with Crippen LogP contribution in [0.5, 0.6) is 11.5 Å². The van der Waals surface area contributed by atoms with Crippen LogP contribution in [0.1, 0.15) is 51.8 Å². The molecule has 1 aromatic heterocycles. The number of anilines is 1. The minimum atomic E-state index is -3.72. The molecule has 2 aromatic carbocycles. The maximum atomic E-state index is 13.5. The number of fused-ring (bicyclic) bond motifs is 2. The highest BCUT2D eigenvalue weighted by molar-refractivity contribution is 7.89. The van der Waals surface area contributed by atoms with Crippen molar-refractivity contribution in [1.82, 2.24) is 9.29 Å². The van der Waals surface area contributed by atoms with Crippen LogP contribution < -0.4 is 19.5 Å². The quantitative estimate of drug-likeness (QED) is 0.350. The Morgan fingerprint density at radius 1 is 1.10 bits per heavy atom. The van der Waals surface area contributed by atoms with Crippen molar-refractivity contribution < 1.29 is 36.6 Å². The average molecular weight is 578 g/mol. The number of halogens is 2. The molecule has 2 aliphatic rings. The topological polar surface area (TPSA) is 119 Å². The van der Waals surface area contributed by atoms with Gasteiger partial charge in [-0.1, -0.05) is 26.8 Å². The van der Waals surface area contributed by atoms with Crippen molar-refractivity contribution >= 4 is 32.5 Å². The third kappa shape index (κ3) is 5.52. The number of benzene rings is 2. The van der Waals surface area contributed by atoms with Crippen molar-refractivity contribution in [2.75, 3.05) is 17.6 Å². The minimum absolute atomic E-state index is 0.0672. The summed E-state index contributed by atoms with van der Waals surface area (Å²) in [7, 11) is -3.43. The number of carbonyl (C=O) groups is 1. The van der Waals surface area contributed by atoms with Crippen molar-refractivity contribution in [2.45, 2.75) is 70.3 Å². The molecule has 0 radical (unpaired) electrons. The van der Waals surface area contributed by atoms with Gasteiger partial charge in [0.15, 0.2) is 11.5 Å². The molecule has 12 heteroatoms. The molecule has 216 valence electrons. The van der Waals surface area contributed by atoms with Crippen LogP contribution in [0.3, 0.4) is 0 Å². The Morgan fingerprint density at radius 3 is 2.45 bits per heavy atom. The van der Waals surface area contributed by atoms with Crippen molar-refractivity contribution in [3.05, 3.63) is 53.7 Å². The number of rotatable bonds is 9. The monoisotopic (exact) mass is 577 g/mol. The number of alkyl halides is 2. The van der Waals surface area contributed by atoms with E-state index in [1.165, 1.54) is 19.1 Å². The summed E-state index contributed by atoms with van der Waals surface area (Å²) in [5.41, 5.74) is 1.81. The lowest BCUT2D eigenvalue weighted by Crippen LogP contribution is -2.36. The second-order valence-electron chi connectivity index (χ2n) is 11.4. The van der Waals surface area contributed by atoms with Crippen LogP contribution >= 0.6 is 0 Å². The molecule has 0 spiro atoms. The number of aromatic nitrogens is 1. The molecule has 1 amide bonds. The van der Waals surface area contributed by atoms with Crippen molar-refractivity contribution in [1.29, 1.82) is 0 Å². The molecule has 40 heavy (non-hydrogen) atoms. The lowest BCUT2D eigenvalue weighted by molar-refractivity contribution is -0.286. The fraction of sp³-hybridized carbons (Fsp3) is 0.464. The van der Waals surface area contributed by atoms with Gasteiger partial charge in [-0.05, 0) is 61.7 Å². The Bertz CT molecular complexity index is 1570. The van der Waals surface area contributed by atoms with E-state index in [0.717, 1.165) is 16.6 Å². The van der Waals surface area contributed by atoms with E-state index in [2.05, 4.69) is 19.5 Å². The van der Waals surface area contributed by atoms with Gasteiger partial charge in [0.05, 0.1) is 23.8 Å². The Labute approximate surface area is 231 Å². The molecule has 1 fully saturated rings. The number of nitrogens with one attached hydrogen (secondary N) is 2.